The lowest BCUT2D eigenvalue weighted by Gasteiger charge is -2.00. The van der Waals surface area contributed by atoms with E-state index in [-0.39, 0.29) is 5.95 Å². The number of rotatable bonds is 1. The molecule has 0 saturated heterocycles. The molecule has 0 atom stereocenters. The van der Waals surface area contributed by atoms with Crippen LogP contribution in [0.4, 0.5) is 4.39 Å². The molecule has 4 heteroatoms. The fourth-order valence-corrected chi connectivity index (χ4v) is 1.32. The monoisotopic (exact) mass is 240 g/mol. The van der Waals surface area contributed by atoms with E-state index in [1.54, 1.807) is 12.1 Å². The minimum atomic E-state index is -0.383. The van der Waals surface area contributed by atoms with Crippen molar-refractivity contribution >= 4 is 15.9 Å². The summed E-state index contributed by atoms with van der Waals surface area (Å²) in [5.41, 5.74) is 0.714. The molecule has 0 unspecified atom stereocenters. The van der Waals surface area contributed by atoms with Gasteiger partial charge in [-0.3, -0.25) is 0 Å². The van der Waals surface area contributed by atoms with Crippen molar-refractivity contribution in [1.82, 2.24) is 9.78 Å². The molecule has 2 rings (SSSR count). The minimum absolute atomic E-state index is 0.372. The van der Waals surface area contributed by atoms with Crippen LogP contribution in [0, 0.1) is 5.95 Å². The third-order valence-corrected chi connectivity index (χ3v) is 2.20. The van der Waals surface area contributed by atoms with Crippen LogP contribution in [0.5, 0.6) is 0 Å². The van der Waals surface area contributed by atoms with Crippen LogP contribution < -0.4 is 0 Å². The van der Waals surface area contributed by atoms with Crippen molar-refractivity contribution in [3.63, 3.8) is 0 Å². The summed E-state index contributed by atoms with van der Waals surface area (Å²) in [5.74, 6) is -0.383. The van der Waals surface area contributed by atoms with Crippen LogP contribution in [0.25, 0.3) is 5.69 Å². The second kappa shape index (κ2) is 3.30. The van der Waals surface area contributed by atoms with Gasteiger partial charge in [0, 0.05) is 0 Å². The third kappa shape index (κ3) is 1.49. The lowest BCUT2D eigenvalue weighted by molar-refractivity contribution is 0.532. The lowest BCUT2D eigenvalue weighted by atomic mass is 10.3. The number of nitrogens with zero attached hydrogens (tertiary/aromatic N) is 2. The quantitative estimate of drug-likeness (QED) is 0.750. The van der Waals surface area contributed by atoms with Gasteiger partial charge in [0.25, 0.3) is 0 Å². The first-order valence-corrected chi connectivity index (χ1v) is 4.53. The molecule has 0 amide bonds. The zero-order chi connectivity index (χ0) is 9.26. The van der Waals surface area contributed by atoms with Crippen LogP contribution in [0.3, 0.4) is 0 Å². The number of halogens is 2. The van der Waals surface area contributed by atoms with E-state index in [0.717, 1.165) is 0 Å². The molecule has 0 aliphatic carbocycles. The molecule has 1 heterocycles. The van der Waals surface area contributed by atoms with E-state index >= 15 is 0 Å². The van der Waals surface area contributed by atoms with Crippen molar-refractivity contribution in [1.29, 1.82) is 0 Å². The van der Waals surface area contributed by atoms with Crippen molar-refractivity contribution in [2.24, 2.45) is 0 Å². The first kappa shape index (κ1) is 8.44. The van der Waals surface area contributed by atoms with Gasteiger partial charge < -0.3 is 0 Å². The van der Waals surface area contributed by atoms with Crippen molar-refractivity contribution in [3.8, 4) is 5.69 Å². The number of para-hydroxylation sites is 1. The largest absolute Gasteiger partial charge is 0.230 e. The molecule has 66 valence electrons. The molecule has 0 bridgehead atoms. The summed E-state index contributed by atoms with van der Waals surface area (Å²) < 4.78 is 14.9. The van der Waals surface area contributed by atoms with Crippen molar-refractivity contribution < 1.29 is 4.39 Å². The molecule has 0 aliphatic rings. The summed E-state index contributed by atoms with van der Waals surface area (Å²) in [5, 5.41) is 3.88. The minimum Gasteiger partial charge on any atom is -0.206 e. The zero-order valence-corrected chi connectivity index (χ0v) is 8.20. The molecule has 0 radical (unpaired) electrons. The second-order valence-corrected chi connectivity index (χ2v) is 3.39. The van der Waals surface area contributed by atoms with Gasteiger partial charge in [-0.05, 0) is 28.1 Å². The fraction of sp³-hybridized carbons (Fsp3) is 0. The van der Waals surface area contributed by atoms with Gasteiger partial charge in [0.1, 0.15) is 0 Å². The van der Waals surface area contributed by atoms with E-state index in [1.807, 2.05) is 18.2 Å². The van der Waals surface area contributed by atoms with Gasteiger partial charge in [0.05, 0.1) is 16.4 Å². The molecule has 2 aromatic rings. The fourth-order valence-electron chi connectivity index (χ4n) is 1.06. The number of hydrogen-bond acceptors (Lipinski definition) is 1. The average Bonchev–Trinajstić information content (AvgIpc) is 2.49. The summed E-state index contributed by atoms with van der Waals surface area (Å²) in [6, 6.07) is 9.14. The Morgan fingerprint density at radius 1 is 1.23 bits per heavy atom. The Kier molecular flexibility index (Phi) is 2.14. The smallest absolute Gasteiger partial charge is 0.206 e. The Balaban J connectivity index is 2.53. The zero-order valence-electron chi connectivity index (χ0n) is 6.61. The molecular formula is C9H6BrFN2. The van der Waals surface area contributed by atoms with Crippen molar-refractivity contribution in [3.05, 3.63) is 46.9 Å². The SMILES string of the molecule is Fc1c(Br)cnn1-c1ccccc1. The van der Waals surface area contributed by atoms with Gasteiger partial charge >= 0.3 is 0 Å². The predicted molar refractivity (Wildman–Crippen MR) is 51.2 cm³/mol. The Labute approximate surface area is 83.1 Å². The summed E-state index contributed by atoms with van der Waals surface area (Å²) in [7, 11) is 0. The molecule has 1 aromatic carbocycles. The molecule has 0 fully saturated rings. The maximum atomic E-state index is 13.3. The molecular weight excluding hydrogens is 235 g/mol. The summed E-state index contributed by atoms with van der Waals surface area (Å²) in [6.45, 7) is 0. The highest BCUT2D eigenvalue weighted by atomic mass is 79.9. The van der Waals surface area contributed by atoms with Gasteiger partial charge in [-0.15, -0.1) is 0 Å². The van der Waals surface area contributed by atoms with E-state index < -0.39 is 0 Å². The van der Waals surface area contributed by atoms with Crippen molar-refractivity contribution in [2.75, 3.05) is 0 Å². The molecule has 0 N–H and O–H groups in total. The Morgan fingerprint density at radius 3 is 2.46 bits per heavy atom. The van der Waals surface area contributed by atoms with E-state index in [9.17, 15) is 4.39 Å². The van der Waals surface area contributed by atoms with Crippen LogP contribution in [0.15, 0.2) is 41.0 Å². The van der Waals surface area contributed by atoms with Crippen molar-refractivity contribution in [2.45, 2.75) is 0 Å². The van der Waals surface area contributed by atoms with Gasteiger partial charge in [-0.1, -0.05) is 18.2 Å². The molecule has 0 aliphatic heterocycles. The normalized spacial score (nSPS) is 10.3. The first-order valence-electron chi connectivity index (χ1n) is 3.73. The van der Waals surface area contributed by atoms with Crippen LogP contribution in [0.2, 0.25) is 0 Å². The summed E-state index contributed by atoms with van der Waals surface area (Å²) in [6.07, 6.45) is 1.43. The van der Waals surface area contributed by atoms with E-state index in [2.05, 4.69) is 21.0 Å². The molecule has 0 saturated carbocycles. The van der Waals surface area contributed by atoms with E-state index in [4.69, 9.17) is 0 Å². The first-order chi connectivity index (χ1) is 6.29. The standard InChI is InChI=1S/C9H6BrFN2/c10-8-6-12-13(9(8)11)7-4-2-1-3-5-7/h1-6H. The molecule has 1 aromatic heterocycles. The van der Waals surface area contributed by atoms with E-state index in [1.165, 1.54) is 10.9 Å². The highest BCUT2D eigenvalue weighted by molar-refractivity contribution is 9.10. The van der Waals surface area contributed by atoms with Crippen LogP contribution >= 0.6 is 15.9 Å². The summed E-state index contributed by atoms with van der Waals surface area (Å²) in [4.78, 5) is 0. The Bertz CT molecular complexity index is 411. The summed E-state index contributed by atoms with van der Waals surface area (Å²) >= 11 is 3.05. The van der Waals surface area contributed by atoms with Gasteiger partial charge in [-0.25, -0.2) is 4.68 Å². The highest BCUT2D eigenvalue weighted by Crippen LogP contribution is 2.17. The lowest BCUT2D eigenvalue weighted by Crippen LogP contribution is -1.98. The number of benzene rings is 1. The number of aromatic nitrogens is 2. The Hall–Kier alpha value is -1.16. The highest BCUT2D eigenvalue weighted by Gasteiger charge is 2.07. The van der Waals surface area contributed by atoms with Crippen LogP contribution in [0.1, 0.15) is 0 Å². The van der Waals surface area contributed by atoms with Crippen LogP contribution in [-0.2, 0) is 0 Å². The van der Waals surface area contributed by atoms with Gasteiger partial charge in [0.2, 0.25) is 5.95 Å². The topological polar surface area (TPSA) is 17.8 Å². The number of hydrogen-bond donors (Lipinski definition) is 0. The second-order valence-electron chi connectivity index (χ2n) is 2.53. The Morgan fingerprint density at radius 2 is 1.92 bits per heavy atom. The van der Waals surface area contributed by atoms with Gasteiger partial charge in [0.15, 0.2) is 0 Å². The third-order valence-electron chi connectivity index (χ3n) is 1.67. The molecule has 2 nitrogen and oxygen atoms in total. The molecule has 0 spiro atoms. The maximum absolute atomic E-state index is 13.3. The van der Waals surface area contributed by atoms with Gasteiger partial charge in [-0.2, -0.15) is 9.49 Å². The molecule has 13 heavy (non-hydrogen) atoms. The predicted octanol–water partition coefficient (Wildman–Crippen LogP) is 2.77. The average molecular weight is 241 g/mol. The van der Waals surface area contributed by atoms with E-state index in [0.29, 0.717) is 10.2 Å². The maximum Gasteiger partial charge on any atom is 0.230 e. The van der Waals surface area contributed by atoms with Crippen LogP contribution in [-0.4, -0.2) is 9.78 Å².